The van der Waals surface area contributed by atoms with E-state index in [1.165, 1.54) is 6.08 Å². The van der Waals surface area contributed by atoms with Gasteiger partial charge in [-0.3, -0.25) is 36.7 Å². The average Bonchev–Trinajstić information content (AvgIpc) is 2.43. The molecule has 0 aromatic heterocycles. The van der Waals surface area contributed by atoms with Crippen LogP contribution in [0.25, 0.3) is 0 Å². The van der Waals surface area contributed by atoms with Gasteiger partial charge in [-0.1, -0.05) is 0 Å². The van der Waals surface area contributed by atoms with Crippen molar-refractivity contribution in [1.82, 2.24) is 31.9 Å². The predicted octanol–water partition coefficient (Wildman–Crippen LogP) is -2.26. The first-order valence-electron chi connectivity index (χ1n) is 5.86. The fourth-order valence-electron chi connectivity index (χ4n) is 1.70. The molecule has 7 heteroatoms. The van der Waals surface area contributed by atoms with Gasteiger partial charge >= 0.3 is 0 Å². The van der Waals surface area contributed by atoms with Crippen molar-refractivity contribution in [1.29, 1.82) is 0 Å². The van der Waals surface area contributed by atoms with Crippen molar-refractivity contribution in [3.63, 3.8) is 0 Å². The number of likely N-dealkylation sites (N-methyl/N-ethyl adjacent to an activating group) is 6. The van der Waals surface area contributed by atoms with Crippen LogP contribution in [0, 0.1) is 0 Å². The first-order chi connectivity index (χ1) is 8.49. The largest absolute Gasteiger partial charge is 0.290 e. The Hall–Kier alpha value is -0.830. The zero-order chi connectivity index (χ0) is 14.2. The molecule has 0 bridgehead atoms. The molecule has 0 saturated heterocycles. The molecule has 0 heterocycles. The summed E-state index contributed by atoms with van der Waals surface area (Å²) in [5.41, 5.74) is 0. The van der Waals surface area contributed by atoms with Crippen LogP contribution in [0.5, 0.6) is 0 Å². The molecule has 0 aliphatic carbocycles. The lowest BCUT2D eigenvalue weighted by atomic mass is 10.1. The lowest BCUT2D eigenvalue weighted by Gasteiger charge is -2.32. The number of hydrogen-bond acceptors (Lipinski definition) is 7. The van der Waals surface area contributed by atoms with Crippen molar-refractivity contribution in [2.75, 3.05) is 42.3 Å². The highest BCUT2D eigenvalue weighted by molar-refractivity contribution is 5.97. The summed E-state index contributed by atoms with van der Waals surface area (Å²) < 4.78 is 0. The second kappa shape index (κ2) is 7.57. The molecule has 0 unspecified atom stereocenters. The van der Waals surface area contributed by atoms with Crippen LogP contribution in [-0.2, 0) is 4.79 Å². The van der Waals surface area contributed by atoms with E-state index in [2.05, 4.69) is 31.9 Å². The summed E-state index contributed by atoms with van der Waals surface area (Å²) in [5, 5.41) is 17.9. The molecule has 0 rings (SSSR count). The molecule has 0 fully saturated rings. The fourth-order valence-corrected chi connectivity index (χ4v) is 1.70. The summed E-state index contributed by atoms with van der Waals surface area (Å²) >= 11 is 0. The molecule has 18 heavy (non-hydrogen) atoms. The van der Waals surface area contributed by atoms with E-state index in [0.717, 1.165) is 0 Å². The number of carbonyl (C=O) groups excluding carboxylic acids is 1. The van der Waals surface area contributed by atoms with Crippen molar-refractivity contribution in [3.8, 4) is 0 Å². The van der Waals surface area contributed by atoms with Gasteiger partial charge in [0.05, 0.1) is 0 Å². The Morgan fingerprint density at radius 1 is 0.778 bits per heavy atom. The fraction of sp³-hybridized carbons (Fsp3) is 0.727. The van der Waals surface area contributed by atoms with E-state index >= 15 is 0 Å². The summed E-state index contributed by atoms with van der Waals surface area (Å²) in [6.07, 6.45) is 3.24. The standard InChI is InChI=1S/C11H26N6O/c1-12-10(13-2,14-3)8-7-9(18)11(15-4,16-5)17-6/h7-8,12-17H,1-6H3/b8-7+. The molecule has 0 aliphatic rings. The van der Waals surface area contributed by atoms with E-state index in [0.29, 0.717) is 0 Å². The highest BCUT2D eigenvalue weighted by Gasteiger charge is 2.32. The van der Waals surface area contributed by atoms with Crippen LogP contribution in [0.2, 0.25) is 0 Å². The minimum Gasteiger partial charge on any atom is -0.290 e. The number of ketones is 1. The van der Waals surface area contributed by atoms with Crippen molar-refractivity contribution in [3.05, 3.63) is 12.2 Å². The SMILES string of the molecule is CNC(/C=C/C(=O)C(NC)(NC)NC)(NC)NC. The molecule has 106 valence electrons. The third-order valence-electron chi connectivity index (χ3n) is 3.16. The topological polar surface area (TPSA) is 89.2 Å². The Labute approximate surface area is 109 Å². The lowest BCUT2D eigenvalue weighted by Crippen LogP contribution is -2.68. The van der Waals surface area contributed by atoms with E-state index in [-0.39, 0.29) is 5.78 Å². The van der Waals surface area contributed by atoms with Crippen LogP contribution < -0.4 is 31.9 Å². The van der Waals surface area contributed by atoms with Crippen LogP contribution in [0.4, 0.5) is 0 Å². The number of carbonyl (C=O) groups is 1. The average molecular weight is 258 g/mol. The van der Waals surface area contributed by atoms with Gasteiger partial charge < -0.3 is 0 Å². The molecular formula is C11H26N6O. The smallest absolute Gasteiger partial charge is 0.205 e. The molecule has 0 amide bonds. The second-order valence-electron chi connectivity index (χ2n) is 3.76. The minimum atomic E-state index is -0.961. The van der Waals surface area contributed by atoms with Gasteiger partial charge in [0.1, 0.15) is 5.79 Å². The van der Waals surface area contributed by atoms with E-state index < -0.39 is 11.6 Å². The monoisotopic (exact) mass is 258 g/mol. The molecule has 7 nitrogen and oxygen atoms in total. The lowest BCUT2D eigenvalue weighted by molar-refractivity contribution is -0.122. The van der Waals surface area contributed by atoms with Crippen molar-refractivity contribution >= 4 is 5.78 Å². The number of nitrogens with one attached hydrogen (secondary N) is 6. The Morgan fingerprint density at radius 3 is 1.44 bits per heavy atom. The molecule has 0 saturated carbocycles. The molecular weight excluding hydrogens is 232 g/mol. The van der Waals surface area contributed by atoms with Crippen LogP contribution in [-0.4, -0.2) is 59.6 Å². The van der Waals surface area contributed by atoms with E-state index in [9.17, 15) is 4.79 Å². The van der Waals surface area contributed by atoms with Crippen molar-refractivity contribution in [2.45, 2.75) is 11.6 Å². The van der Waals surface area contributed by atoms with Gasteiger partial charge in [0.15, 0.2) is 5.79 Å². The van der Waals surface area contributed by atoms with Crippen LogP contribution >= 0.6 is 0 Å². The summed E-state index contributed by atoms with van der Waals surface area (Å²) in [6, 6.07) is 0. The Morgan fingerprint density at radius 2 is 1.17 bits per heavy atom. The maximum atomic E-state index is 12.2. The summed E-state index contributed by atoms with van der Waals surface area (Å²) in [5.74, 6) is -1.70. The summed E-state index contributed by atoms with van der Waals surface area (Å²) in [4.78, 5) is 12.2. The maximum Gasteiger partial charge on any atom is 0.205 e. The second-order valence-corrected chi connectivity index (χ2v) is 3.76. The molecule has 6 N–H and O–H groups in total. The van der Waals surface area contributed by atoms with Crippen LogP contribution in [0.1, 0.15) is 0 Å². The van der Waals surface area contributed by atoms with Gasteiger partial charge in [0.2, 0.25) is 5.78 Å². The van der Waals surface area contributed by atoms with Gasteiger partial charge in [-0.2, -0.15) is 0 Å². The van der Waals surface area contributed by atoms with E-state index in [1.54, 1.807) is 48.4 Å². The van der Waals surface area contributed by atoms with Gasteiger partial charge in [-0.25, -0.2) is 0 Å². The quantitative estimate of drug-likeness (QED) is 0.205. The molecule has 0 spiro atoms. The van der Waals surface area contributed by atoms with E-state index in [1.807, 2.05) is 0 Å². The Balaban J connectivity index is 5.03. The normalized spacial score (nSPS) is 13.2. The molecule has 0 aromatic carbocycles. The molecule has 0 atom stereocenters. The third kappa shape index (κ3) is 3.58. The molecule has 0 radical (unpaired) electrons. The van der Waals surface area contributed by atoms with Gasteiger partial charge in [0.25, 0.3) is 0 Å². The summed E-state index contributed by atoms with van der Waals surface area (Å²) in [6.45, 7) is 0. The molecule has 0 aliphatic heterocycles. The zero-order valence-electron chi connectivity index (χ0n) is 12.1. The maximum absolute atomic E-state index is 12.2. The zero-order valence-corrected chi connectivity index (χ0v) is 12.1. The Kier molecular flexibility index (Phi) is 7.22. The van der Waals surface area contributed by atoms with E-state index in [4.69, 9.17) is 0 Å². The molecule has 0 aromatic rings. The summed E-state index contributed by atoms with van der Waals surface area (Å²) in [7, 11) is 10.5. The predicted molar refractivity (Wildman–Crippen MR) is 74.0 cm³/mol. The van der Waals surface area contributed by atoms with Crippen molar-refractivity contribution in [2.24, 2.45) is 0 Å². The van der Waals surface area contributed by atoms with Crippen molar-refractivity contribution < 1.29 is 4.79 Å². The minimum absolute atomic E-state index is 0.125. The van der Waals surface area contributed by atoms with Crippen LogP contribution in [0.3, 0.4) is 0 Å². The third-order valence-corrected chi connectivity index (χ3v) is 3.16. The highest BCUT2D eigenvalue weighted by Crippen LogP contribution is 2.01. The first kappa shape index (κ1) is 17.2. The Bertz CT molecular complexity index is 267. The number of hydrogen-bond donors (Lipinski definition) is 6. The first-order valence-corrected chi connectivity index (χ1v) is 5.86. The van der Waals surface area contributed by atoms with Crippen LogP contribution in [0.15, 0.2) is 12.2 Å². The van der Waals surface area contributed by atoms with Gasteiger partial charge in [-0.15, -0.1) is 0 Å². The number of rotatable bonds is 9. The highest BCUT2D eigenvalue weighted by atomic mass is 16.1. The van der Waals surface area contributed by atoms with Gasteiger partial charge in [-0.05, 0) is 54.4 Å². The van der Waals surface area contributed by atoms with Gasteiger partial charge in [0, 0.05) is 0 Å².